The average molecular weight is 373 g/mol. The van der Waals surface area contributed by atoms with Crippen LogP contribution in [0, 0.1) is 6.92 Å². The van der Waals surface area contributed by atoms with Crippen LogP contribution in [0.5, 0.6) is 0 Å². The molecule has 0 aromatic heterocycles. The number of benzene rings is 1. The molecule has 3 nitrogen and oxygen atoms in total. The second kappa shape index (κ2) is 8.40. The summed E-state index contributed by atoms with van der Waals surface area (Å²) < 4.78 is 0. The molecule has 1 fully saturated rings. The maximum Gasteiger partial charge on any atom is 0.191 e. The van der Waals surface area contributed by atoms with Crippen molar-refractivity contribution in [3.63, 3.8) is 0 Å². The predicted octanol–water partition coefficient (Wildman–Crippen LogP) is 3.22. The monoisotopic (exact) mass is 373 g/mol. The van der Waals surface area contributed by atoms with Crippen LogP contribution in [0.4, 0.5) is 0 Å². The van der Waals surface area contributed by atoms with Crippen molar-refractivity contribution < 1.29 is 0 Å². The van der Waals surface area contributed by atoms with Crippen molar-refractivity contribution in [1.29, 1.82) is 0 Å². The standard InChI is InChI=1S/C15H23N3.HI/c1-12-7-9-13(10-8-12)11-17-15(16-2)18-14-5-3-4-6-14;/h7-10,14H,3-6,11H2,1-2H3,(H2,16,17,18);1H. The highest BCUT2D eigenvalue weighted by molar-refractivity contribution is 14.0. The van der Waals surface area contributed by atoms with Crippen LogP contribution in [0.25, 0.3) is 0 Å². The molecule has 19 heavy (non-hydrogen) atoms. The van der Waals surface area contributed by atoms with Gasteiger partial charge in [-0.05, 0) is 25.3 Å². The number of nitrogens with zero attached hydrogens (tertiary/aromatic N) is 1. The maximum absolute atomic E-state index is 4.28. The Balaban J connectivity index is 0.00000180. The molecule has 0 aliphatic heterocycles. The van der Waals surface area contributed by atoms with Gasteiger partial charge in [-0.1, -0.05) is 42.7 Å². The van der Waals surface area contributed by atoms with E-state index in [0.717, 1.165) is 12.5 Å². The van der Waals surface area contributed by atoms with Crippen molar-refractivity contribution >= 4 is 29.9 Å². The number of hydrogen-bond acceptors (Lipinski definition) is 1. The molecule has 1 aliphatic rings. The van der Waals surface area contributed by atoms with Crippen LogP contribution in [0.3, 0.4) is 0 Å². The van der Waals surface area contributed by atoms with Crippen LogP contribution < -0.4 is 10.6 Å². The van der Waals surface area contributed by atoms with Crippen LogP contribution >= 0.6 is 24.0 Å². The fraction of sp³-hybridized carbons (Fsp3) is 0.533. The summed E-state index contributed by atoms with van der Waals surface area (Å²) in [4.78, 5) is 4.28. The summed E-state index contributed by atoms with van der Waals surface area (Å²) in [5, 5.41) is 6.86. The van der Waals surface area contributed by atoms with Crippen molar-refractivity contribution in [2.24, 2.45) is 4.99 Å². The Kier molecular flexibility index (Phi) is 7.20. The van der Waals surface area contributed by atoms with Gasteiger partial charge in [0.15, 0.2) is 5.96 Å². The first-order valence-electron chi connectivity index (χ1n) is 6.80. The third kappa shape index (κ3) is 5.38. The molecule has 4 heteroatoms. The molecule has 0 atom stereocenters. The van der Waals surface area contributed by atoms with E-state index in [1.54, 1.807) is 0 Å². The number of halogens is 1. The fourth-order valence-corrected chi connectivity index (χ4v) is 2.35. The van der Waals surface area contributed by atoms with Gasteiger partial charge in [0.25, 0.3) is 0 Å². The zero-order valence-corrected chi connectivity index (χ0v) is 14.1. The van der Waals surface area contributed by atoms with E-state index in [1.807, 2.05) is 7.05 Å². The van der Waals surface area contributed by atoms with Gasteiger partial charge in [0.2, 0.25) is 0 Å². The number of guanidine groups is 1. The van der Waals surface area contributed by atoms with Gasteiger partial charge in [0.05, 0.1) is 0 Å². The minimum Gasteiger partial charge on any atom is -0.354 e. The van der Waals surface area contributed by atoms with Gasteiger partial charge in [-0.3, -0.25) is 4.99 Å². The molecule has 0 unspecified atom stereocenters. The van der Waals surface area contributed by atoms with Gasteiger partial charge >= 0.3 is 0 Å². The Morgan fingerprint density at radius 2 is 1.84 bits per heavy atom. The Morgan fingerprint density at radius 3 is 2.42 bits per heavy atom. The summed E-state index contributed by atoms with van der Waals surface area (Å²) in [5.74, 6) is 0.919. The normalized spacial score (nSPS) is 16.0. The first kappa shape index (κ1) is 16.3. The highest BCUT2D eigenvalue weighted by Gasteiger charge is 2.15. The summed E-state index contributed by atoms with van der Waals surface area (Å²) in [6.45, 7) is 2.93. The predicted molar refractivity (Wildman–Crippen MR) is 92.2 cm³/mol. The van der Waals surface area contributed by atoms with Gasteiger partial charge in [-0.2, -0.15) is 0 Å². The summed E-state index contributed by atoms with van der Waals surface area (Å²) >= 11 is 0. The molecule has 1 aliphatic carbocycles. The third-order valence-electron chi connectivity index (χ3n) is 3.50. The van der Waals surface area contributed by atoms with Gasteiger partial charge in [0.1, 0.15) is 0 Å². The Labute approximate surface area is 133 Å². The molecule has 0 spiro atoms. The lowest BCUT2D eigenvalue weighted by Crippen LogP contribution is -2.41. The van der Waals surface area contributed by atoms with E-state index in [0.29, 0.717) is 6.04 Å². The minimum absolute atomic E-state index is 0. The van der Waals surface area contributed by atoms with Crippen molar-refractivity contribution in [2.75, 3.05) is 7.05 Å². The molecule has 2 rings (SSSR count). The van der Waals surface area contributed by atoms with E-state index in [1.165, 1.54) is 36.8 Å². The first-order valence-corrected chi connectivity index (χ1v) is 6.80. The van der Waals surface area contributed by atoms with Crippen LogP contribution in [0.2, 0.25) is 0 Å². The number of hydrogen-bond donors (Lipinski definition) is 2. The quantitative estimate of drug-likeness (QED) is 0.485. The van der Waals surface area contributed by atoms with Gasteiger partial charge in [-0.25, -0.2) is 0 Å². The van der Waals surface area contributed by atoms with E-state index < -0.39 is 0 Å². The highest BCUT2D eigenvalue weighted by Crippen LogP contribution is 2.17. The highest BCUT2D eigenvalue weighted by atomic mass is 127. The molecule has 2 N–H and O–H groups in total. The molecule has 0 saturated heterocycles. The van der Waals surface area contributed by atoms with Gasteiger partial charge in [0, 0.05) is 19.6 Å². The molecular formula is C15H24IN3. The molecule has 0 bridgehead atoms. The summed E-state index contributed by atoms with van der Waals surface area (Å²) in [6.07, 6.45) is 5.22. The zero-order valence-electron chi connectivity index (χ0n) is 11.8. The van der Waals surface area contributed by atoms with Crippen molar-refractivity contribution in [1.82, 2.24) is 10.6 Å². The summed E-state index contributed by atoms with van der Waals surface area (Å²) in [5.41, 5.74) is 2.59. The molecule has 0 radical (unpaired) electrons. The fourth-order valence-electron chi connectivity index (χ4n) is 2.35. The van der Waals surface area contributed by atoms with E-state index in [2.05, 4.69) is 46.8 Å². The molecule has 0 heterocycles. The van der Waals surface area contributed by atoms with E-state index in [4.69, 9.17) is 0 Å². The molecule has 106 valence electrons. The lowest BCUT2D eigenvalue weighted by Gasteiger charge is -2.16. The number of aliphatic imine (C=N–C) groups is 1. The summed E-state index contributed by atoms with van der Waals surface area (Å²) in [7, 11) is 1.83. The van der Waals surface area contributed by atoms with Crippen LogP contribution in [0.1, 0.15) is 36.8 Å². The van der Waals surface area contributed by atoms with E-state index in [9.17, 15) is 0 Å². The van der Waals surface area contributed by atoms with Gasteiger partial charge < -0.3 is 10.6 Å². The lowest BCUT2D eigenvalue weighted by atomic mass is 10.1. The lowest BCUT2D eigenvalue weighted by molar-refractivity contribution is 0.613. The number of aryl methyl sites for hydroxylation is 1. The average Bonchev–Trinajstić information content (AvgIpc) is 2.89. The summed E-state index contributed by atoms with van der Waals surface area (Å²) in [6, 6.07) is 9.21. The van der Waals surface area contributed by atoms with Gasteiger partial charge in [-0.15, -0.1) is 24.0 Å². The van der Waals surface area contributed by atoms with Crippen molar-refractivity contribution in [3.8, 4) is 0 Å². The second-order valence-corrected chi connectivity index (χ2v) is 5.04. The molecule has 1 aromatic rings. The molecular weight excluding hydrogens is 349 g/mol. The van der Waals surface area contributed by atoms with Crippen molar-refractivity contribution in [2.45, 2.75) is 45.2 Å². The maximum atomic E-state index is 4.28. The van der Waals surface area contributed by atoms with Crippen molar-refractivity contribution in [3.05, 3.63) is 35.4 Å². The molecule has 0 amide bonds. The van der Waals surface area contributed by atoms with Crippen LogP contribution in [-0.4, -0.2) is 19.0 Å². The SMILES string of the molecule is CN=C(NCc1ccc(C)cc1)NC1CCCC1.I. The molecule has 1 aromatic carbocycles. The minimum atomic E-state index is 0. The Hall–Kier alpha value is -0.780. The van der Waals surface area contributed by atoms with E-state index in [-0.39, 0.29) is 24.0 Å². The van der Waals surface area contributed by atoms with Crippen LogP contribution in [0.15, 0.2) is 29.3 Å². The van der Waals surface area contributed by atoms with E-state index >= 15 is 0 Å². The smallest absolute Gasteiger partial charge is 0.191 e. The largest absolute Gasteiger partial charge is 0.354 e. The number of rotatable bonds is 3. The van der Waals surface area contributed by atoms with Crippen LogP contribution in [-0.2, 0) is 6.54 Å². The first-order chi connectivity index (χ1) is 8.78. The zero-order chi connectivity index (χ0) is 12.8. The Morgan fingerprint density at radius 1 is 1.21 bits per heavy atom. The topological polar surface area (TPSA) is 36.4 Å². The Bertz CT molecular complexity index is 394. The second-order valence-electron chi connectivity index (χ2n) is 5.04. The molecule has 1 saturated carbocycles. The third-order valence-corrected chi connectivity index (χ3v) is 3.50. The number of nitrogens with one attached hydrogen (secondary N) is 2.